The Morgan fingerprint density at radius 2 is 1.97 bits per heavy atom. The normalized spacial score (nSPS) is 16.8. The molecule has 0 saturated carbocycles. The summed E-state index contributed by atoms with van der Waals surface area (Å²) in [5.41, 5.74) is 4.62. The molecule has 1 amide bonds. The number of rotatable bonds is 8. The number of aromatic nitrogens is 4. The lowest BCUT2D eigenvalue weighted by Gasteiger charge is -2.32. The van der Waals surface area contributed by atoms with E-state index in [1.165, 1.54) is 10.9 Å². The maximum atomic E-state index is 12.6. The van der Waals surface area contributed by atoms with Gasteiger partial charge in [-0.1, -0.05) is 30.3 Å². The SMILES string of the molecule is O=C(NCc1ccccc1)C1CN(CCCc2c[nH]c3ccc(-n4cnnc4)cc23)CCN1. The van der Waals surface area contributed by atoms with Gasteiger partial charge in [0.15, 0.2) is 0 Å². The maximum absolute atomic E-state index is 12.6. The van der Waals surface area contributed by atoms with Gasteiger partial charge < -0.3 is 15.6 Å². The molecule has 1 saturated heterocycles. The Morgan fingerprint density at radius 1 is 1.12 bits per heavy atom. The van der Waals surface area contributed by atoms with Crippen LogP contribution in [0.5, 0.6) is 0 Å². The van der Waals surface area contributed by atoms with Crippen LogP contribution in [0.15, 0.2) is 67.4 Å². The molecule has 33 heavy (non-hydrogen) atoms. The minimum atomic E-state index is -0.165. The average molecular weight is 444 g/mol. The molecule has 1 fully saturated rings. The summed E-state index contributed by atoms with van der Waals surface area (Å²) in [4.78, 5) is 18.4. The van der Waals surface area contributed by atoms with E-state index in [1.807, 2.05) is 34.9 Å². The molecule has 4 aromatic rings. The van der Waals surface area contributed by atoms with Crippen LogP contribution in [0.3, 0.4) is 0 Å². The van der Waals surface area contributed by atoms with Gasteiger partial charge in [0.05, 0.1) is 6.04 Å². The summed E-state index contributed by atoms with van der Waals surface area (Å²) < 4.78 is 1.92. The van der Waals surface area contributed by atoms with Crippen molar-refractivity contribution in [1.82, 2.24) is 35.3 Å². The molecule has 1 aliphatic rings. The lowest BCUT2D eigenvalue weighted by atomic mass is 10.1. The molecule has 3 heterocycles. The molecule has 3 N–H and O–H groups in total. The largest absolute Gasteiger partial charge is 0.361 e. The summed E-state index contributed by atoms with van der Waals surface area (Å²) in [6, 6.07) is 16.2. The minimum Gasteiger partial charge on any atom is -0.361 e. The molecular weight excluding hydrogens is 414 g/mol. The number of carbonyl (C=O) groups is 1. The van der Waals surface area contributed by atoms with Crippen molar-refractivity contribution in [2.24, 2.45) is 0 Å². The van der Waals surface area contributed by atoms with E-state index in [-0.39, 0.29) is 11.9 Å². The number of H-pyrrole nitrogens is 1. The van der Waals surface area contributed by atoms with Gasteiger partial charge in [-0.25, -0.2) is 0 Å². The van der Waals surface area contributed by atoms with E-state index >= 15 is 0 Å². The molecule has 8 nitrogen and oxygen atoms in total. The zero-order valence-electron chi connectivity index (χ0n) is 18.6. The third-order valence-electron chi connectivity index (χ3n) is 6.27. The van der Waals surface area contributed by atoms with E-state index in [0.29, 0.717) is 6.54 Å². The van der Waals surface area contributed by atoms with Crippen molar-refractivity contribution < 1.29 is 4.79 Å². The summed E-state index contributed by atoms with van der Waals surface area (Å²) in [7, 11) is 0. The van der Waals surface area contributed by atoms with Crippen LogP contribution < -0.4 is 10.6 Å². The fourth-order valence-corrected chi connectivity index (χ4v) is 4.46. The monoisotopic (exact) mass is 443 g/mol. The molecule has 1 atom stereocenters. The number of nitrogens with zero attached hydrogens (tertiary/aromatic N) is 4. The number of hydrogen-bond donors (Lipinski definition) is 3. The lowest BCUT2D eigenvalue weighted by Crippen LogP contribution is -2.57. The van der Waals surface area contributed by atoms with E-state index in [2.05, 4.69) is 55.1 Å². The Morgan fingerprint density at radius 3 is 2.82 bits per heavy atom. The number of benzene rings is 2. The van der Waals surface area contributed by atoms with Crippen LogP contribution in [-0.2, 0) is 17.8 Å². The molecule has 0 spiro atoms. The first kappa shape index (κ1) is 21.4. The highest BCUT2D eigenvalue weighted by Gasteiger charge is 2.24. The molecule has 2 aromatic heterocycles. The number of carbonyl (C=O) groups excluding carboxylic acids is 1. The molecule has 2 aromatic carbocycles. The zero-order chi connectivity index (χ0) is 22.5. The van der Waals surface area contributed by atoms with Gasteiger partial charge in [0.25, 0.3) is 0 Å². The van der Waals surface area contributed by atoms with Gasteiger partial charge in [0, 0.05) is 49.0 Å². The quantitative estimate of drug-likeness (QED) is 0.389. The maximum Gasteiger partial charge on any atom is 0.238 e. The van der Waals surface area contributed by atoms with Gasteiger partial charge >= 0.3 is 0 Å². The number of nitrogens with one attached hydrogen (secondary N) is 3. The Hall–Kier alpha value is -3.49. The average Bonchev–Trinajstić information content (AvgIpc) is 3.54. The van der Waals surface area contributed by atoms with Crippen molar-refractivity contribution in [3.63, 3.8) is 0 Å². The zero-order valence-corrected chi connectivity index (χ0v) is 18.6. The number of amides is 1. The second kappa shape index (κ2) is 9.97. The third kappa shape index (κ3) is 5.13. The van der Waals surface area contributed by atoms with E-state index < -0.39 is 0 Å². The molecule has 1 aliphatic heterocycles. The number of aryl methyl sites for hydroxylation is 1. The Labute approximate surface area is 193 Å². The van der Waals surface area contributed by atoms with Gasteiger partial charge in [-0.3, -0.25) is 14.3 Å². The van der Waals surface area contributed by atoms with Crippen molar-refractivity contribution in [2.75, 3.05) is 26.2 Å². The number of fused-ring (bicyclic) bond motifs is 1. The number of piperazine rings is 1. The third-order valence-corrected chi connectivity index (χ3v) is 6.27. The van der Waals surface area contributed by atoms with Gasteiger partial charge in [-0.2, -0.15) is 0 Å². The predicted molar refractivity (Wildman–Crippen MR) is 128 cm³/mol. The first-order valence-electron chi connectivity index (χ1n) is 11.5. The highest BCUT2D eigenvalue weighted by molar-refractivity contribution is 5.85. The van der Waals surface area contributed by atoms with Crippen LogP contribution in [-0.4, -0.2) is 62.8 Å². The van der Waals surface area contributed by atoms with Gasteiger partial charge in [0.1, 0.15) is 12.7 Å². The summed E-state index contributed by atoms with van der Waals surface area (Å²) >= 11 is 0. The summed E-state index contributed by atoms with van der Waals surface area (Å²) in [5.74, 6) is 0.0710. The molecule has 5 rings (SSSR count). The van der Waals surface area contributed by atoms with E-state index in [4.69, 9.17) is 0 Å². The number of hydrogen-bond acceptors (Lipinski definition) is 5. The van der Waals surface area contributed by atoms with Crippen LogP contribution in [0.4, 0.5) is 0 Å². The molecule has 0 bridgehead atoms. The van der Waals surface area contributed by atoms with Crippen LogP contribution in [0.25, 0.3) is 16.6 Å². The topological polar surface area (TPSA) is 90.9 Å². The molecule has 1 unspecified atom stereocenters. The summed E-state index contributed by atoms with van der Waals surface area (Å²) in [5, 5.41) is 15.5. The van der Waals surface area contributed by atoms with Crippen molar-refractivity contribution in [3.8, 4) is 5.69 Å². The van der Waals surface area contributed by atoms with Crippen molar-refractivity contribution >= 4 is 16.8 Å². The smallest absolute Gasteiger partial charge is 0.238 e. The predicted octanol–water partition coefficient (Wildman–Crippen LogP) is 2.27. The molecular formula is C25H29N7O. The van der Waals surface area contributed by atoms with Crippen molar-refractivity contribution in [2.45, 2.75) is 25.4 Å². The van der Waals surface area contributed by atoms with E-state index in [1.54, 1.807) is 12.7 Å². The Bertz CT molecular complexity index is 1190. The summed E-state index contributed by atoms with van der Waals surface area (Å²) in [6.07, 6.45) is 7.56. The molecule has 170 valence electrons. The number of aromatic amines is 1. The Balaban J connectivity index is 1.14. The van der Waals surface area contributed by atoms with E-state index in [0.717, 1.165) is 55.8 Å². The second-order valence-electron chi connectivity index (χ2n) is 8.53. The lowest BCUT2D eigenvalue weighted by molar-refractivity contribution is -0.124. The highest BCUT2D eigenvalue weighted by Crippen LogP contribution is 2.23. The summed E-state index contributed by atoms with van der Waals surface area (Å²) in [6.45, 7) is 4.08. The van der Waals surface area contributed by atoms with Crippen LogP contribution in [0.2, 0.25) is 0 Å². The molecule has 8 heteroatoms. The van der Waals surface area contributed by atoms with Crippen molar-refractivity contribution in [3.05, 3.63) is 78.5 Å². The minimum absolute atomic E-state index is 0.0710. The standard InChI is InChI=1S/C25H29N7O/c33-25(28-14-19-5-2-1-3-6-19)24-16-31(12-10-26-24)11-4-7-20-15-27-23-9-8-21(13-22(20)23)32-17-29-30-18-32/h1-3,5-6,8-9,13,15,17-18,24,26-27H,4,7,10-12,14,16H2,(H,28,33). The van der Waals surface area contributed by atoms with Crippen LogP contribution in [0, 0.1) is 0 Å². The molecule has 0 aliphatic carbocycles. The van der Waals surface area contributed by atoms with Crippen LogP contribution in [0.1, 0.15) is 17.5 Å². The Kier molecular flexibility index (Phi) is 6.46. The first-order valence-corrected chi connectivity index (χ1v) is 11.5. The fourth-order valence-electron chi connectivity index (χ4n) is 4.46. The highest BCUT2D eigenvalue weighted by atomic mass is 16.2. The molecule has 0 radical (unpaired) electrons. The van der Waals surface area contributed by atoms with E-state index in [9.17, 15) is 4.79 Å². The van der Waals surface area contributed by atoms with Gasteiger partial charge in [-0.05, 0) is 48.7 Å². The van der Waals surface area contributed by atoms with Crippen molar-refractivity contribution in [1.29, 1.82) is 0 Å². The first-order chi connectivity index (χ1) is 16.3. The second-order valence-corrected chi connectivity index (χ2v) is 8.53. The van der Waals surface area contributed by atoms with Gasteiger partial charge in [-0.15, -0.1) is 10.2 Å². The van der Waals surface area contributed by atoms with Gasteiger partial charge in [0.2, 0.25) is 5.91 Å². The fraction of sp³-hybridized carbons (Fsp3) is 0.320. The van der Waals surface area contributed by atoms with Crippen LogP contribution >= 0.6 is 0 Å².